The minimum absolute atomic E-state index is 0.343. The third-order valence-corrected chi connectivity index (χ3v) is 4.66. The van der Waals surface area contributed by atoms with Crippen molar-refractivity contribution in [1.29, 1.82) is 0 Å². The molecule has 88 valence electrons. The second kappa shape index (κ2) is 3.74. The largest absolute Gasteiger partial charge is 0.326 e. The number of hydrogen-bond acceptors (Lipinski definition) is 2. The lowest BCUT2D eigenvalue weighted by Gasteiger charge is -2.35. The van der Waals surface area contributed by atoms with Crippen molar-refractivity contribution < 1.29 is 0 Å². The first kappa shape index (κ1) is 11.4. The molecule has 1 aliphatic carbocycles. The second-order valence-corrected chi connectivity index (χ2v) is 6.51. The van der Waals surface area contributed by atoms with Crippen molar-refractivity contribution in [2.45, 2.75) is 65.1 Å². The van der Waals surface area contributed by atoms with Gasteiger partial charge in [0.1, 0.15) is 0 Å². The van der Waals surface area contributed by atoms with E-state index in [2.05, 4.69) is 32.6 Å². The van der Waals surface area contributed by atoms with Crippen LogP contribution in [0.4, 0.5) is 0 Å². The van der Waals surface area contributed by atoms with Crippen molar-refractivity contribution in [2.24, 2.45) is 17.1 Å². The highest BCUT2D eigenvalue weighted by atomic mass is 15.2. The molecular formula is C13H26N2. The summed E-state index contributed by atoms with van der Waals surface area (Å²) in [6.07, 6.45) is 3.94. The van der Waals surface area contributed by atoms with Crippen LogP contribution < -0.4 is 5.73 Å². The summed E-state index contributed by atoms with van der Waals surface area (Å²) in [5.41, 5.74) is 6.75. The fourth-order valence-electron chi connectivity index (χ4n) is 3.55. The van der Waals surface area contributed by atoms with E-state index >= 15 is 0 Å². The topological polar surface area (TPSA) is 29.3 Å². The molecule has 2 fully saturated rings. The molecule has 2 rings (SSSR count). The molecule has 1 aliphatic heterocycles. The molecule has 15 heavy (non-hydrogen) atoms. The van der Waals surface area contributed by atoms with E-state index in [1.807, 2.05) is 0 Å². The van der Waals surface area contributed by atoms with E-state index in [0.29, 0.717) is 17.5 Å². The van der Waals surface area contributed by atoms with Gasteiger partial charge < -0.3 is 5.73 Å². The smallest absolute Gasteiger partial charge is 0.0255 e. The van der Waals surface area contributed by atoms with Crippen LogP contribution in [-0.4, -0.2) is 29.6 Å². The monoisotopic (exact) mass is 210 g/mol. The number of rotatable bonds is 1. The van der Waals surface area contributed by atoms with Gasteiger partial charge in [0, 0.05) is 24.7 Å². The van der Waals surface area contributed by atoms with Gasteiger partial charge in [-0.05, 0) is 37.5 Å². The number of likely N-dealkylation sites (tertiary alicyclic amines) is 1. The summed E-state index contributed by atoms with van der Waals surface area (Å²) in [4.78, 5) is 2.67. The fourth-order valence-corrected chi connectivity index (χ4v) is 3.55. The molecule has 2 nitrogen and oxygen atoms in total. The molecule has 4 unspecified atom stereocenters. The lowest BCUT2D eigenvalue weighted by molar-refractivity contribution is 0.156. The maximum Gasteiger partial charge on any atom is 0.0255 e. The number of nitrogens with two attached hydrogens (primary N) is 1. The number of nitrogens with zero attached hydrogens (tertiary/aromatic N) is 1. The average Bonchev–Trinajstić information content (AvgIpc) is 2.56. The van der Waals surface area contributed by atoms with Gasteiger partial charge in [0.2, 0.25) is 0 Å². The van der Waals surface area contributed by atoms with Crippen LogP contribution in [0, 0.1) is 11.3 Å². The molecule has 0 bridgehead atoms. The highest BCUT2D eigenvalue weighted by Gasteiger charge is 2.44. The Hall–Kier alpha value is -0.0800. The molecule has 2 N–H and O–H groups in total. The van der Waals surface area contributed by atoms with Crippen LogP contribution in [0.1, 0.15) is 47.0 Å². The Balaban J connectivity index is 2.06. The Morgan fingerprint density at radius 2 is 1.93 bits per heavy atom. The molecule has 4 atom stereocenters. The van der Waals surface area contributed by atoms with Gasteiger partial charge in [-0.15, -0.1) is 0 Å². The first-order chi connectivity index (χ1) is 6.92. The Morgan fingerprint density at radius 3 is 2.33 bits per heavy atom. The first-order valence-corrected chi connectivity index (χ1v) is 6.43. The molecule has 0 aromatic rings. The van der Waals surface area contributed by atoms with E-state index in [-0.39, 0.29) is 0 Å². The van der Waals surface area contributed by atoms with Crippen molar-refractivity contribution >= 4 is 0 Å². The van der Waals surface area contributed by atoms with Gasteiger partial charge in [-0.25, -0.2) is 0 Å². The molecule has 0 aromatic heterocycles. The predicted molar refractivity (Wildman–Crippen MR) is 64.7 cm³/mol. The third kappa shape index (κ3) is 1.94. The van der Waals surface area contributed by atoms with Crippen molar-refractivity contribution in [3.8, 4) is 0 Å². The van der Waals surface area contributed by atoms with Crippen LogP contribution in [0.15, 0.2) is 0 Å². The Morgan fingerprint density at radius 1 is 1.27 bits per heavy atom. The van der Waals surface area contributed by atoms with Gasteiger partial charge in [0.25, 0.3) is 0 Å². The van der Waals surface area contributed by atoms with Crippen LogP contribution in [-0.2, 0) is 0 Å². The van der Waals surface area contributed by atoms with Crippen molar-refractivity contribution in [1.82, 2.24) is 4.90 Å². The molecule has 0 radical (unpaired) electrons. The molecular weight excluding hydrogens is 184 g/mol. The van der Waals surface area contributed by atoms with E-state index in [1.165, 1.54) is 25.8 Å². The van der Waals surface area contributed by atoms with E-state index in [0.717, 1.165) is 12.0 Å². The van der Waals surface area contributed by atoms with Crippen molar-refractivity contribution in [3.63, 3.8) is 0 Å². The minimum Gasteiger partial charge on any atom is -0.326 e. The molecule has 1 saturated carbocycles. The summed E-state index contributed by atoms with van der Waals surface area (Å²) in [5.74, 6) is 0.857. The van der Waals surface area contributed by atoms with Crippen LogP contribution in [0.3, 0.4) is 0 Å². The van der Waals surface area contributed by atoms with Crippen LogP contribution in [0.2, 0.25) is 0 Å². The second-order valence-electron chi connectivity index (χ2n) is 6.51. The van der Waals surface area contributed by atoms with Crippen LogP contribution >= 0.6 is 0 Å². The summed E-state index contributed by atoms with van der Waals surface area (Å²) in [6.45, 7) is 10.6. The highest BCUT2D eigenvalue weighted by molar-refractivity contribution is 5.01. The maximum atomic E-state index is 6.40. The van der Waals surface area contributed by atoms with Gasteiger partial charge in [-0.2, -0.15) is 0 Å². The van der Waals surface area contributed by atoms with E-state index in [4.69, 9.17) is 5.73 Å². The van der Waals surface area contributed by atoms with Crippen LogP contribution in [0.25, 0.3) is 0 Å². The maximum absolute atomic E-state index is 6.40. The van der Waals surface area contributed by atoms with E-state index in [9.17, 15) is 0 Å². The lowest BCUT2D eigenvalue weighted by Crippen LogP contribution is -2.50. The minimum atomic E-state index is 0.343. The molecule has 2 heteroatoms. The van der Waals surface area contributed by atoms with E-state index < -0.39 is 0 Å². The number of hydrogen-bond donors (Lipinski definition) is 1. The van der Waals surface area contributed by atoms with Gasteiger partial charge >= 0.3 is 0 Å². The molecule has 0 spiro atoms. The van der Waals surface area contributed by atoms with Gasteiger partial charge in [-0.3, -0.25) is 4.90 Å². The van der Waals surface area contributed by atoms with Gasteiger partial charge in [-0.1, -0.05) is 20.8 Å². The Kier molecular flexibility index (Phi) is 2.85. The lowest BCUT2D eigenvalue weighted by atomic mass is 9.87. The molecule has 0 amide bonds. The quantitative estimate of drug-likeness (QED) is 0.719. The van der Waals surface area contributed by atoms with Gasteiger partial charge in [0.05, 0.1) is 0 Å². The first-order valence-electron chi connectivity index (χ1n) is 6.43. The fraction of sp³-hybridized carbons (Fsp3) is 1.00. The highest BCUT2D eigenvalue weighted by Crippen LogP contribution is 2.41. The summed E-state index contributed by atoms with van der Waals surface area (Å²) < 4.78 is 0. The van der Waals surface area contributed by atoms with Crippen molar-refractivity contribution in [3.05, 3.63) is 0 Å². The van der Waals surface area contributed by atoms with E-state index in [1.54, 1.807) is 0 Å². The third-order valence-electron chi connectivity index (χ3n) is 4.66. The van der Waals surface area contributed by atoms with Crippen LogP contribution in [0.5, 0.6) is 0 Å². The normalized spacial score (nSPS) is 46.2. The summed E-state index contributed by atoms with van der Waals surface area (Å²) in [7, 11) is 0. The molecule has 2 aliphatic rings. The van der Waals surface area contributed by atoms with Gasteiger partial charge in [0.15, 0.2) is 0 Å². The predicted octanol–water partition coefficient (Wildman–Crippen LogP) is 2.23. The summed E-state index contributed by atoms with van der Waals surface area (Å²) in [5, 5.41) is 0. The molecule has 1 heterocycles. The Labute approximate surface area is 94.2 Å². The Bertz CT molecular complexity index is 237. The zero-order valence-electron chi connectivity index (χ0n) is 10.7. The summed E-state index contributed by atoms with van der Waals surface area (Å²) in [6, 6.07) is 1.75. The van der Waals surface area contributed by atoms with Crippen molar-refractivity contribution in [2.75, 3.05) is 6.54 Å². The zero-order chi connectivity index (χ0) is 11.2. The average molecular weight is 210 g/mol. The molecule has 1 saturated heterocycles. The standard InChI is InChI=1S/C13H26N2/c1-9-7-10(2)15(8-9)11-5-6-13(3,4)12(11)14/h9-12H,5-8,14H2,1-4H3. The SMILES string of the molecule is CC1CC(C)N(C2CCC(C)(C)C2N)C1. The summed E-state index contributed by atoms with van der Waals surface area (Å²) >= 11 is 0. The zero-order valence-corrected chi connectivity index (χ0v) is 10.7. The molecule has 0 aromatic carbocycles.